The maximum absolute atomic E-state index is 12.5. The van der Waals surface area contributed by atoms with Crippen LogP contribution in [0.25, 0.3) is 6.08 Å². The van der Waals surface area contributed by atoms with Crippen molar-refractivity contribution in [1.82, 2.24) is 9.80 Å². The first-order valence-electron chi connectivity index (χ1n) is 8.35. The van der Waals surface area contributed by atoms with Gasteiger partial charge in [-0.25, -0.2) is 0 Å². The van der Waals surface area contributed by atoms with Gasteiger partial charge in [-0.05, 0) is 23.8 Å². The minimum atomic E-state index is -0.0404. The Morgan fingerprint density at radius 3 is 2.48 bits per heavy atom. The van der Waals surface area contributed by atoms with Crippen molar-refractivity contribution in [3.8, 4) is 5.75 Å². The molecule has 0 saturated carbocycles. The van der Waals surface area contributed by atoms with Gasteiger partial charge in [-0.1, -0.05) is 54.1 Å². The van der Waals surface area contributed by atoms with Gasteiger partial charge in [0.25, 0.3) is 5.91 Å². The summed E-state index contributed by atoms with van der Waals surface area (Å²) in [6.45, 7) is 3.95. The number of carbonyl (C=O) groups is 1. The molecule has 2 aromatic carbocycles. The predicted molar refractivity (Wildman–Crippen MR) is 101 cm³/mol. The fourth-order valence-corrected chi connectivity index (χ4v) is 3.04. The highest BCUT2D eigenvalue weighted by molar-refractivity contribution is 6.32. The van der Waals surface area contributed by atoms with Crippen molar-refractivity contribution < 1.29 is 9.90 Å². The standard InChI is InChI=1S/C20H21ClN2O2/c21-18-15-17(8-9-19(18)24)20(25)23-13-11-22(12-14-23)10-4-7-16-5-2-1-3-6-16/h1-9,15,24H,10-14H2/b7-4+. The van der Waals surface area contributed by atoms with E-state index in [0.29, 0.717) is 18.7 Å². The SMILES string of the molecule is O=C(c1ccc(O)c(Cl)c1)N1CCN(C/C=C/c2ccccc2)CC1. The van der Waals surface area contributed by atoms with Crippen molar-refractivity contribution in [3.63, 3.8) is 0 Å². The number of hydrogen-bond donors (Lipinski definition) is 1. The number of amides is 1. The van der Waals surface area contributed by atoms with E-state index in [0.717, 1.165) is 19.6 Å². The Hall–Kier alpha value is -2.30. The molecule has 0 aliphatic carbocycles. The van der Waals surface area contributed by atoms with E-state index in [4.69, 9.17) is 11.6 Å². The van der Waals surface area contributed by atoms with E-state index in [1.165, 1.54) is 17.7 Å². The fourth-order valence-electron chi connectivity index (χ4n) is 2.86. The molecule has 0 radical (unpaired) electrons. The molecule has 0 spiro atoms. The minimum Gasteiger partial charge on any atom is -0.506 e. The molecule has 0 atom stereocenters. The number of halogens is 1. The van der Waals surface area contributed by atoms with Gasteiger partial charge in [0.1, 0.15) is 5.75 Å². The van der Waals surface area contributed by atoms with Gasteiger partial charge in [0.15, 0.2) is 0 Å². The summed E-state index contributed by atoms with van der Waals surface area (Å²) < 4.78 is 0. The lowest BCUT2D eigenvalue weighted by atomic mass is 10.1. The third-order valence-corrected chi connectivity index (χ3v) is 4.63. The van der Waals surface area contributed by atoms with Crippen molar-refractivity contribution in [2.45, 2.75) is 0 Å². The molecule has 0 unspecified atom stereocenters. The summed E-state index contributed by atoms with van der Waals surface area (Å²) in [5, 5.41) is 9.67. The molecule has 1 N–H and O–H groups in total. The molecule has 4 nitrogen and oxygen atoms in total. The van der Waals surface area contributed by atoms with Crippen LogP contribution >= 0.6 is 11.6 Å². The highest BCUT2D eigenvalue weighted by atomic mass is 35.5. The lowest BCUT2D eigenvalue weighted by Crippen LogP contribution is -2.48. The van der Waals surface area contributed by atoms with Gasteiger partial charge in [-0.15, -0.1) is 0 Å². The summed E-state index contributed by atoms with van der Waals surface area (Å²) in [6.07, 6.45) is 4.28. The molecule has 3 rings (SSSR count). The molecule has 0 bridgehead atoms. The zero-order chi connectivity index (χ0) is 17.6. The molecular weight excluding hydrogens is 336 g/mol. The van der Waals surface area contributed by atoms with Crippen LogP contribution in [0.2, 0.25) is 5.02 Å². The lowest BCUT2D eigenvalue weighted by Gasteiger charge is -2.34. The van der Waals surface area contributed by atoms with E-state index < -0.39 is 0 Å². The Bertz CT molecular complexity index is 754. The van der Waals surface area contributed by atoms with Crippen LogP contribution in [-0.2, 0) is 0 Å². The number of rotatable bonds is 4. The number of carbonyl (C=O) groups excluding carboxylic acids is 1. The van der Waals surface area contributed by atoms with Gasteiger partial charge >= 0.3 is 0 Å². The van der Waals surface area contributed by atoms with Crippen LogP contribution in [0.4, 0.5) is 0 Å². The molecule has 1 amide bonds. The smallest absolute Gasteiger partial charge is 0.253 e. The molecule has 130 valence electrons. The van der Waals surface area contributed by atoms with E-state index in [1.54, 1.807) is 6.07 Å². The topological polar surface area (TPSA) is 43.8 Å². The second-order valence-corrected chi connectivity index (χ2v) is 6.48. The Morgan fingerprint density at radius 1 is 1.08 bits per heavy atom. The third-order valence-electron chi connectivity index (χ3n) is 4.33. The second kappa shape index (κ2) is 8.19. The maximum atomic E-state index is 12.5. The highest BCUT2D eigenvalue weighted by Gasteiger charge is 2.22. The average molecular weight is 357 g/mol. The molecule has 5 heteroatoms. The number of hydrogen-bond acceptors (Lipinski definition) is 3. The van der Waals surface area contributed by atoms with E-state index >= 15 is 0 Å². The first-order chi connectivity index (χ1) is 12.1. The van der Waals surface area contributed by atoms with Gasteiger partial charge in [-0.3, -0.25) is 9.69 Å². The number of aromatic hydroxyl groups is 1. The van der Waals surface area contributed by atoms with Gasteiger partial charge in [0.05, 0.1) is 5.02 Å². The van der Waals surface area contributed by atoms with E-state index in [-0.39, 0.29) is 16.7 Å². The van der Waals surface area contributed by atoms with Crippen LogP contribution in [0.5, 0.6) is 5.75 Å². The first-order valence-corrected chi connectivity index (χ1v) is 8.73. The van der Waals surface area contributed by atoms with Gasteiger partial charge < -0.3 is 10.0 Å². The van der Waals surface area contributed by atoms with Gasteiger partial charge in [0, 0.05) is 38.3 Å². The number of phenols is 1. The van der Waals surface area contributed by atoms with Crippen molar-refractivity contribution in [1.29, 1.82) is 0 Å². The molecule has 1 saturated heterocycles. The monoisotopic (exact) mass is 356 g/mol. The molecule has 1 aliphatic heterocycles. The van der Waals surface area contributed by atoms with Crippen LogP contribution < -0.4 is 0 Å². The van der Waals surface area contributed by atoms with Gasteiger partial charge in [-0.2, -0.15) is 0 Å². The van der Waals surface area contributed by atoms with Crippen molar-refractivity contribution in [2.24, 2.45) is 0 Å². The molecule has 1 fully saturated rings. The van der Waals surface area contributed by atoms with Crippen LogP contribution in [-0.4, -0.2) is 53.5 Å². The van der Waals surface area contributed by atoms with E-state index in [2.05, 4.69) is 29.2 Å². The molecule has 0 aromatic heterocycles. The van der Waals surface area contributed by atoms with Crippen molar-refractivity contribution in [3.05, 3.63) is 70.8 Å². The number of nitrogens with zero attached hydrogens (tertiary/aromatic N) is 2. The molecule has 2 aromatic rings. The van der Waals surface area contributed by atoms with Gasteiger partial charge in [0.2, 0.25) is 0 Å². The quantitative estimate of drug-likeness (QED) is 0.911. The van der Waals surface area contributed by atoms with Crippen LogP contribution in [0.1, 0.15) is 15.9 Å². The zero-order valence-electron chi connectivity index (χ0n) is 13.9. The molecule has 1 heterocycles. The fraction of sp³-hybridized carbons (Fsp3) is 0.250. The Morgan fingerprint density at radius 2 is 1.80 bits per heavy atom. The molecular formula is C20H21ClN2O2. The minimum absolute atomic E-state index is 0.00626. The normalized spacial score (nSPS) is 15.6. The number of piperazine rings is 1. The van der Waals surface area contributed by atoms with E-state index in [9.17, 15) is 9.90 Å². The summed E-state index contributed by atoms with van der Waals surface area (Å²) >= 11 is 5.89. The van der Waals surface area contributed by atoms with Crippen LogP contribution in [0, 0.1) is 0 Å². The molecule has 1 aliphatic rings. The Labute approximate surface area is 152 Å². The average Bonchev–Trinajstić information content (AvgIpc) is 2.65. The first kappa shape index (κ1) is 17.5. The Kier molecular flexibility index (Phi) is 5.74. The summed E-state index contributed by atoms with van der Waals surface area (Å²) in [5.41, 5.74) is 1.71. The third kappa shape index (κ3) is 4.62. The van der Waals surface area contributed by atoms with Crippen LogP contribution in [0.3, 0.4) is 0 Å². The highest BCUT2D eigenvalue weighted by Crippen LogP contribution is 2.24. The number of benzene rings is 2. The Balaban J connectivity index is 1.50. The van der Waals surface area contributed by atoms with Crippen LogP contribution in [0.15, 0.2) is 54.6 Å². The summed E-state index contributed by atoms with van der Waals surface area (Å²) in [7, 11) is 0. The summed E-state index contributed by atoms with van der Waals surface area (Å²) in [4.78, 5) is 16.7. The lowest BCUT2D eigenvalue weighted by molar-refractivity contribution is 0.0650. The summed E-state index contributed by atoms with van der Waals surface area (Å²) in [6, 6.07) is 14.8. The second-order valence-electron chi connectivity index (χ2n) is 6.07. The number of phenolic OH excluding ortho intramolecular Hbond substituents is 1. The maximum Gasteiger partial charge on any atom is 0.253 e. The van der Waals surface area contributed by atoms with Crippen molar-refractivity contribution in [2.75, 3.05) is 32.7 Å². The molecule has 25 heavy (non-hydrogen) atoms. The van der Waals surface area contributed by atoms with Crippen molar-refractivity contribution >= 4 is 23.6 Å². The summed E-state index contributed by atoms with van der Waals surface area (Å²) in [5.74, 6) is -0.0467. The zero-order valence-corrected chi connectivity index (χ0v) is 14.7. The predicted octanol–water partition coefficient (Wildman–Crippen LogP) is 3.52. The largest absolute Gasteiger partial charge is 0.506 e. The van der Waals surface area contributed by atoms with E-state index in [1.807, 2.05) is 23.1 Å².